The molecule has 0 fully saturated rings. The first-order valence-electron chi connectivity index (χ1n) is 11.1. The normalized spacial score (nSPS) is 12.0. The summed E-state index contributed by atoms with van der Waals surface area (Å²) in [6.45, 7) is 5.16. The van der Waals surface area contributed by atoms with E-state index in [0.717, 1.165) is 10.6 Å². The number of ether oxygens (including phenoxy) is 1. The third-order valence-corrected chi connectivity index (χ3v) is 6.25. The van der Waals surface area contributed by atoms with Crippen molar-refractivity contribution >= 4 is 33.2 Å². The zero-order chi connectivity index (χ0) is 25.6. The van der Waals surface area contributed by atoms with Crippen LogP contribution in [0.2, 0.25) is 0 Å². The molecule has 9 heteroatoms. The number of carbonyl (C=O) groups is 2. The highest BCUT2D eigenvalue weighted by Gasteiger charge is 2.30. The number of benzene rings is 3. The molecule has 0 spiro atoms. The smallest absolute Gasteiger partial charge is 0.253 e. The lowest BCUT2D eigenvalue weighted by Gasteiger charge is -2.28. The first-order chi connectivity index (χ1) is 16.6. The zero-order valence-electron chi connectivity index (χ0n) is 20.1. The SMILES string of the molecule is CC(C)NC(=O)c1ccccc1NC(=O)C(C)N(c1ccc(Oc2ccccc2)cc1)S(C)(=O)=O. The predicted molar refractivity (Wildman–Crippen MR) is 137 cm³/mol. The Hall–Kier alpha value is -3.85. The Morgan fingerprint density at radius 3 is 2.00 bits per heavy atom. The molecular weight excluding hydrogens is 466 g/mol. The summed E-state index contributed by atoms with van der Waals surface area (Å²) < 4.78 is 32.1. The molecule has 8 nitrogen and oxygen atoms in total. The molecule has 0 heterocycles. The van der Waals surface area contributed by atoms with E-state index in [0.29, 0.717) is 22.9 Å². The molecule has 0 aliphatic heterocycles. The molecule has 0 aliphatic carbocycles. The Kier molecular flexibility index (Phi) is 8.14. The van der Waals surface area contributed by atoms with Crippen LogP contribution in [0.1, 0.15) is 31.1 Å². The number of para-hydroxylation sites is 2. The Balaban J connectivity index is 1.82. The first kappa shape index (κ1) is 25.8. The number of hydrogen-bond acceptors (Lipinski definition) is 5. The molecule has 0 saturated carbocycles. The van der Waals surface area contributed by atoms with Crippen molar-refractivity contribution in [2.24, 2.45) is 0 Å². The minimum Gasteiger partial charge on any atom is -0.457 e. The number of anilines is 2. The van der Waals surface area contributed by atoms with Gasteiger partial charge in [-0.15, -0.1) is 0 Å². The molecule has 35 heavy (non-hydrogen) atoms. The average molecular weight is 496 g/mol. The maximum absolute atomic E-state index is 13.1. The van der Waals surface area contributed by atoms with Gasteiger partial charge in [-0.05, 0) is 69.3 Å². The van der Waals surface area contributed by atoms with Crippen LogP contribution in [0.3, 0.4) is 0 Å². The summed E-state index contributed by atoms with van der Waals surface area (Å²) in [7, 11) is -3.82. The minimum atomic E-state index is -3.82. The number of amides is 2. The van der Waals surface area contributed by atoms with Crippen molar-refractivity contribution in [3.05, 3.63) is 84.4 Å². The summed E-state index contributed by atoms with van der Waals surface area (Å²) in [5.74, 6) is 0.256. The molecule has 0 aliphatic rings. The standard InChI is InChI=1S/C26H29N3O5S/c1-18(2)27-26(31)23-12-8-9-13-24(23)28-25(30)19(3)29(35(4,32)33)20-14-16-22(17-15-20)34-21-10-6-5-7-11-21/h5-19H,1-4H3,(H,27,31)(H,28,30). The Bertz CT molecular complexity index is 1280. The molecule has 1 unspecified atom stereocenters. The van der Waals surface area contributed by atoms with Gasteiger partial charge in [0.15, 0.2) is 0 Å². The molecule has 0 bridgehead atoms. The molecule has 2 N–H and O–H groups in total. The van der Waals surface area contributed by atoms with E-state index in [-0.39, 0.29) is 17.5 Å². The number of nitrogens with zero attached hydrogens (tertiary/aromatic N) is 1. The molecule has 2 amide bonds. The summed E-state index contributed by atoms with van der Waals surface area (Å²) in [5.41, 5.74) is 0.888. The van der Waals surface area contributed by atoms with E-state index in [9.17, 15) is 18.0 Å². The van der Waals surface area contributed by atoms with E-state index < -0.39 is 22.0 Å². The number of sulfonamides is 1. The van der Waals surface area contributed by atoms with Crippen molar-refractivity contribution in [2.75, 3.05) is 15.9 Å². The van der Waals surface area contributed by atoms with Crippen LogP contribution in [0.5, 0.6) is 11.5 Å². The second kappa shape index (κ2) is 11.1. The van der Waals surface area contributed by atoms with E-state index in [2.05, 4.69) is 10.6 Å². The van der Waals surface area contributed by atoms with Gasteiger partial charge in [0, 0.05) is 6.04 Å². The molecule has 1 atom stereocenters. The van der Waals surface area contributed by atoms with Crippen molar-refractivity contribution in [1.29, 1.82) is 0 Å². The fraction of sp³-hybridized carbons (Fsp3) is 0.231. The molecule has 0 aromatic heterocycles. The largest absolute Gasteiger partial charge is 0.457 e. The maximum atomic E-state index is 13.1. The van der Waals surface area contributed by atoms with Gasteiger partial charge in [-0.3, -0.25) is 13.9 Å². The van der Waals surface area contributed by atoms with E-state index in [1.165, 1.54) is 6.92 Å². The fourth-order valence-electron chi connectivity index (χ4n) is 3.46. The lowest BCUT2D eigenvalue weighted by Crippen LogP contribution is -2.45. The fourth-order valence-corrected chi connectivity index (χ4v) is 4.64. The second-order valence-corrected chi connectivity index (χ2v) is 10.2. The first-order valence-corrected chi connectivity index (χ1v) is 12.9. The average Bonchev–Trinajstić information content (AvgIpc) is 2.80. The van der Waals surface area contributed by atoms with Gasteiger partial charge in [0.2, 0.25) is 15.9 Å². The Labute approximate surface area is 206 Å². The van der Waals surface area contributed by atoms with Crippen LogP contribution >= 0.6 is 0 Å². The lowest BCUT2D eigenvalue weighted by atomic mass is 10.1. The molecule has 184 valence electrons. The van der Waals surface area contributed by atoms with Crippen LogP contribution in [0, 0.1) is 0 Å². The molecule has 0 radical (unpaired) electrons. The topological polar surface area (TPSA) is 105 Å². The van der Waals surface area contributed by atoms with Crippen LogP contribution in [-0.4, -0.2) is 38.6 Å². The third-order valence-electron chi connectivity index (χ3n) is 5.01. The quantitative estimate of drug-likeness (QED) is 0.458. The van der Waals surface area contributed by atoms with Crippen molar-refractivity contribution in [2.45, 2.75) is 32.9 Å². The van der Waals surface area contributed by atoms with Crippen LogP contribution in [0.15, 0.2) is 78.9 Å². The number of rotatable bonds is 9. The number of carbonyl (C=O) groups excluding carboxylic acids is 2. The second-order valence-electron chi connectivity index (χ2n) is 8.31. The number of nitrogens with one attached hydrogen (secondary N) is 2. The van der Waals surface area contributed by atoms with Gasteiger partial charge in [-0.25, -0.2) is 8.42 Å². The van der Waals surface area contributed by atoms with Gasteiger partial charge in [-0.1, -0.05) is 30.3 Å². The summed E-state index contributed by atoms with van der Waals surface area (Å²) in [6.07, 6.45) is 1.04. The molecule has 3 aromatic carbocycles. The van der Waals surface area contributed by atoms with Crippen LogP contribution in [-0.2, 0) is 14.8 Å². The maximum Gasteiger partial charge on any atom is 0.253 e. The van der Waals surface area contributed by atoms with Gasteiger partial charge >= 0.3 is 0 Å². The van der Waals surface area contributed by atoms with Crippen molar-refractivity contribution in [3.63, 3.8) is 0 Å². The molecule has 0 saturated heterocycles. The van der Waals surface area contributed by atoms with Gasteiger partial charge in [0.05, 0.1) is 23.2 Å². The van der Waals surface area contributed by atoms with Gasteiger partial charge in [0.25, 0.3) is 5.91 Å². The Morgan fingerprint density at radius 1 is 0.829 bits per heavy atom. The predicted octanol–water partition coefficient (Wildman–Crippen LogP) is 4.41. The highest BCUT2D eigenvalue weighted by atomic mass is 32.2. The summed E-state index contributed by atoms with van der Waals surface area (Å²) in [5, 5.41) is 5.49. The van der Waals surface area contributed by atoms with Gasteiger partial charge in [0.1, 0.15) is 17.5 Å². The summed E-state index contributed by atoms with van der Waals surface area (Å²) in [6, 6.07) is 21.0. The minimum absolute atomic E-state index is 0.0836. The lowest BCUT2D eigenvalue weighted by molar-refractivity contribution is -0.116. The van der Waals surface area contributed by atoms with Crippen molar-refractivity contribution < 1.29 is 22.7 Å². The van der Waals surface area contributed by atoms with Crippen molar-refractivity contribution in [1.82, 2.24) is 5.32 Å². The van der Waals surface area contributed by atoms with Crippen LogP contribution < -0.4 is 19.7 Å². The summed E-state index contributed by atoms with van der Waals surface area (Å²) >= 11 is 0. The van der Waals surface area contributed by atoms with Gasteiger partial charge in [-0.2, -0.15) is 0 Å². The molecule has 3 aromatic rings. The number of hydrogen-bond donors (Lipinski definition) is 2. The van der Waals surface area contributed by atoms with E-state index >= 15 is 0 Å². The van der Waals surface area contributed by atoms with Crippen molar-refractivity contribution in [3.8, 4) is 11.5 Å². The third kappa shape index (κ3) is 6.83. The highest BCUT2D eigenvalue weighted by Crippen LogP contribution is 2.27. The van der Waals surface area contributed by atoms with E-state index in [1.54, 1.807) is 48.5 Å². The van der Waals surface area contributed by atoms with Crippen LogP contribution in [0.25, 0.3) is 0 Å². The summed E-state index contributed by atoms with van der Waals surface area (Å²) in [4.78, 5) is 25.6. The zero-order valence-corrected chi connectivity index (χ0v) is 20.9. The van der Waals surface area contributed by atoms with E-state index in [4.69, 9.17) is 4.74 Å². The monoisotopic (exact) mass is 495 g/mol. The Morgan fingerprint density at radius 2 is 1.40 bits per heavy atom. The van der Waals surface area contributed by atoms with E-state index in [1.807, 2.05) is 44.2 Å². The molecule has 3 rings (SSSR count). The van der Waals surface area contributed by atoms with Gasteiger partial charge < -0.3 is 15.4 Å². The molecular formula is C26H29N3O5S. The highest BCUT2D eigenvalue weighted by molar-refractivity contribution is 7.92. The van der Waals surface area contributed by atoms with Crippen LogP contribution in [0.4, 0.5) is 11.4 Å².